The molecule has 0 aliphatic carbocycles. The summed E-state index contributed by atoms with van der Waals surface area (Å²) < 4.78 is 0. The molecule has 1 amide bonds. The summed E-state index contributed by atoms with van der Waals surface area (Å²) in [5.41, 5.74) is 7.83. The van der Waals surface area contributed by atoms with Crippen molar-refractivity contribution in [1.29, 1.82) is 0 Å². The van der Waals surface area contributed by atoms with Gasteiger partial charge in [-0.1, -0.05) is 12.1 Å². The number of primary amides is 1. The summed E-state index contributed by atoms with van der Waals surface area (Å²) in [6.45, 7) is 2.06. The van der Waals surface area contributed by atoms with Crippen molar-refractivity contribution in [2.45, 2.75) is 13.0 Å². The highest BCUT2D eigenvalue weighted by Crippen LogP contribution is 2.18. The largest absolute Gasteiger partial charge is 0.378 e. The highest BCUT2D eigenvalue weighted by Gasteiger charge is 2.06. The Morgan fingerprint density at radius 3 is 2.33 bits per heavy atom. The molecular formula is C14H15N3O. The van der Waals surface area contributed by atoms with Gasteiger partial charge in [0.2, 0.25) is 5.91 Å². The number of rotatable bonds is 4. The number of nitrogens with two attached hydrogens (primary N) is 1. The molecule has 0 bridgehead atoms. The Morgan fingerprint density at radius 1 is 1.17 bits per heavy atom. The number of amides is 1. The fraction of sp³-hybridized carbons (Fsp3) is 0.143. The number of nitrogens with one attached hydrogen (secondary N) is 1. The van der Waals surface area contributed by atoms with E-state index in [9.17, 15) is 4.79 Å². The summed E-state index contributed by atoms with van der Waals surface area (Å²) in [6, 6.07) is 11.2. The summed E-state index contributed by atoms with van der Waals surface area (Å²) in [5, 5.41) is 3.35. The van der Waals surface area contributed by atoms with E-state index in [-0.39, 0.29) is 6.04 Å². The van der Waals surface area contributed by atoms with Crippen LogP contribution in [0.15, 0.2) is 48.8 Å². The molecule has 1 aromatic carbocycles. The van der Waals surface area contributed by atoms with Gasteiger partial charge in [-0.3, -0.25) is 9.78 Å². The molecule has 1 atom stereocenters. The second kappa shape index (κ2) is 5.31. The Morgan fingerprint density at radius 2 is 1.78 bits per heavy atom. The molecule has 0 aliphatic heterocycles. The maximum atomic E-state index is 11.0. The highest BCUT2D eigenvalue weighted by molar-refractivity contribution is 5.92. The second-order valence-electron chi connectivity index (χ2n) is 4.09. The molecule has 1 aromatic heterocycles. The lowest BCUT2D eigenvalue weighted by molar-refractivity contribution is 0.100. The molecule has 18 heavy (non-hydrogen) atoms. The topological polar surface area (TPSA) is 68.0 Å². The van der Waals surface area contributed by atoms with E-state index in [1.807, 2.05) is 24.3 Å². The summed E-state index contributed by atoms with van der Waals surface area (Å²) >= 11 is 0. The molecule has 92 valence electrons. The third-order valence-corrected chi connectivity index (χ3v) is 2.76. The SMILES string of the molecule is CC(Nc1ccncc1)c1ccc(C(N)=O)cc1. The maximum Gasteiger partial charge on any atom is 0.248 e. The number of carbonyl (C=O) groups is 1. The van der Waals surface area contributed by atoms with Gasteiger partial charge in [-0.15, -0.1) is 0 Å². The summed E-state index contributed by atoms with van der Waals surface area (Å²) in [4.78, 5) is 14.9. The third-order valence-electron chi connectivity index (χ3n) is 2.76. The first-order valence-corrected chi connectivity index (χ1v) is 5.73. The monoisotopic (exact) mass is 241 g/mol. The second-order valence-corrected chi connectivity index (χ2v) is 4.09. The predicted octanol–water partition coefficient (Wildman–Crippen LogP) is 2.35. The Bertz CT molecular complexity index is 522. The quantitative estimate of drug-likeness (QED) is 0.863. The third kappa shape index (κ3) is 2.85. The van der Waals surface area contributed by atoms with Crippen molar-refractivity contribution >= 4 is 11.6 Å². The molecule has 0 spiro atoms. The Labute approximate surface area is 106 Å². The van der Waals surface area contributed by atoms with E-state index in [0.717, 1.165) is 11.3 Å². The smallest absolute Gasteiger partial charge is 0.248 e. The van der Waals surface area contributed by atoms with Gasteiger partial charge in [0.25, 0.3) is 0 Å². The summed E-state index contributed by atoms with van der Waals surface area (Å²) in [7, 11) is 0. The molecule has 0 saturated carbocycles. The summed E-state index contributed by atoms with van der Waals surface area (Å²) in [5.74, 6) is -0.406. The summed E-state index contributed by atoms with van der Waals surface area (Å²) in [6.07, 6.45) is 3.48. The van der Waals surface area contributed by atoms with Crippen molar-refractivity contribution in [3.8, 4) is 0 Å². The van der Waals surface area contributed by atoms with Crippen molar-refractivity contribution in [3.05, 3.63) is 59.9 Å². The van der Waals surface area contributed by atoms with Gasteiger partial charge in [0, 0.05) is 29.7 Å². The Balaban J connectivity index is 2.09. The zero-order valence-electron chi connectivity index (χ0n) is 10.1. The number of anilines is 1. The molecule has 4 nitrogen and oxygen atoms in total. The minimum Gasteiger partial charge on any atom is -0.378 e. The molecule has 1 heterocycles. The molecular weight excluding hydrogens is 226 g/mol. The first-order chi connectivity index (χ1) is 8.66. The van der Waals surface area contributed by atoms with E-state index >= 15 is 0 Å². The standard InChI is InChI=1S/C14H15N3O/c1-10(17-13-6-8-16-9-7-13)11-2-4-12(5-3-11)14(15)18/h2-10H,1H3,(H2,15,18)(H,16,17). The van der Waals surface area contributed by atoms with Gasteiger partial charge in [-0.2, -0.15) is 0 Å². The van der Waals surface area contributed by atoms with E-state index in [2.05, 4.69) is 17.2 Å². The van der Waals surface area contributed by atoms with Gasteiger partial charge in [0.05, 0.1) is 0 Å². The molecule has 1 unspecified atom stereocenters. The van der Waals surface area contributed by atoms with E-state index in [1.165, 1.54) is 0 Å². The lowest BCUT2D eigenvalue weighted by Crippen LogP contribution is -2.11. The molecule has 2 rings (SSSR count). The first kappa shape index (κ1) is 12.1. The predicted molar refractivity (Wildman–Crippen MR) is 71.2 cm³/mol. The van der Waals surface area contributed by atoms with Crippen LogP contribution in [0.1, 0.15) is 28.9 Å². The van der Waals surface area contributed by atoms with Gasteiger partial charge in [0.15, 0.2) is 0 Å². The van der Waals surface area contributed by atoms with Crippen molar-refractivity contribution in [2.75, 3.05) is 5.32 Å². The van der Waals surface area contributed by atoms with Crippen molar-refractivity contribution in [2.24, 2.45) is 5.73 Å². The van der Waals surface area contributed by atoms with Crippen LogP contribution in [0.25, 0.3) is 0 Å². The van der Waals surface area contributed by atoms with E-state index in [0.29, 0.717) is 5.56 Å². The number of benzene rings is 1. The molecule has 4 heteroatoms. The molecule has 0 saturated heterocycles. The molecule has 2 aromatic rings. The molecule has 0 radical (unpaired) electrons. The van der Waals surface area contributed by atoms with E-state index in [1.54, 1.807) is 24.5 Å². The van der Waals surface area contributed by atoms with Crippen LogP contribution in [0.5, 0.6) is 0 Å². The average Bonchev–Trinajstić information content (AvgIpc) is 2.40. The molecule has 0 fully saturated rings. The highest BCUT2D eigenvalue weighted by atomic mass is 16.1. The van der Waals surface area contributed by atoms with Crippen molar-refractivity contribution in [1.82, 2.24) is 4.98 Å². The van der Waals surface area contributed by atoms with E-state index < -0.39 is 5.91 Å². The molecule has 0 aliphatic rings. The number of pyridine rings is 1. The van der Waals surface area contributed by atoms with Crippen LogP contribution < -0.4 is 11.1 Å². The minimum absolute atomic E-state index is 0.148. The van der Waals surface area contributed by atoms with Gasteiger partial charge in [-0.25, -0.2) is 0 Å². The van der Waals surface area contributed by atoms with Crippen LogP contribution in [0.4, 0.5) is 5.69 Å². The number of carbonyl (C=O) groups excluding carboxylic acids is 1. The van der Waals surface area contributed by atoms with Crippen LogP contribution in [0.3, 0.4) is 0 Å². The minimum atomic E-state index is -0.406. The van der Waals surface area contributed by atoms with Crippen LogP contribution in [0.2, 0.25) is 0 Å². The number of hydrogen-bond donors (Lipinski definition) is 2. The normalized spacial score (nSPS) is 11.8. The van der Waals surface area contributed by atoms with Crippen LogP contribution >= 0.6 is 0 Å². The fourth-order valence-corrected chi connectivity index (χ4v) is 1.72. The lowest BCUT2D eigenvalue weighted by atomic mass is 10.1. The average molecular weight is 241 g/mol. The molecule has 3 N–H and O–H groups in total. The van der Waals surface area contributed by atoms with Gasteiger partial charge < -0.3 is 11.1 Å². The van der Waals surface area contributed by atoms with Crippen LogP contribution in [-0.4, -0.2) is 10.9 Å². The Hall–Kier alpha value is -2.36. The van der Waals surface area contributed by atoms with Gasteiger partial charge in [0.1, 0.15) is 0 Å². The van der Waals surface area contributed by atoms with Crippen molar-refractivity contribution in [3.63, 3.8) is 0 Å². The lowest BCUT2D eigenvalue weighted by Gasteiger charge is -2.15. The fourth-order valence-electron chi connectivity index (χ4n) is 1.72. The van der Waals surface area contributed by atoms with E-state index in [4.69, 9.17) is 5.73 Å². The zero-order chi connectivity index (χ0) is 13.0. The zero-order valence-corrected chi connectivity index (χ0v) is 10.1. The van der Waals surface area contributed by atoms with Gasteiger partial charge >= 0.3 is 0 Å². The number of nitrogens with zero attached hydrogens (tertiary/aromatic N) is 1. The van der Waals surface area contributed by atoms with Crippen LogP contribution in [0, 0.1) is 0 Å². The number of aromatic nitrogens is 1. The van der Waals surface area contributed by atoms with Crippen LogP contribution in [-0.2, 0) is 0 Å². The van der Waals surface area contributed by atoms with Crippen molar-refractivity contribution < 1.29 is 4.79 Å². The number of hydrogen-bond acceptors (Lipinski definition) is 3. The first-order valence-electron chi connectivity index (χ1n) is 5.73. The van der Waals surface area contributed by atoms with Gasteiger partial charge in [-0.05, 0) is 36.8 Å². The maximum absolute atomic E-state index is 11.0. The Kier molecular flexibility index (Phi) is 3.57.